The SMILES string of the molecule is CN(Cc1cc(C=CC(=O)O)cs1)Cc1ccccc1F. The fourth-order valence-electron chi connectivity index (χ4n) is 1.97. The van der Waals surface area contributed by atoms with Crippen LogP contribution in [-0.4, -0.2) is 23.0 Å². The van der Waals surface area contributed by atoms with Gasteiger partial charge in [-0.3, -0.25) is 4.90 Å². The van der Waals surface area contributed by atoms with E-state index in [0.29, 0.717) is 18.7 Å². The van der Waals surface area contributed by atoms with Gasteiger partial charge in [-0.15, -0.1) is 11.3 Å². The number of aliphatic carboxylic acids is 1. The first-order chi connectivity index (χ1) is 10.0. The summed E-state index contributed by atoms with van der Waals surface area (Å²) >= 11 is 1.56. The van der Waals surface area contributed by atoms with Crippen LogP contribution in [0.4, 0.5) is 4.39 Å². The van der Waals surface area contributed by atoms with E-state index in [2.05, 4.69) is 0 Å². The highest BCUT2D eigenvalue weighted by molar-refractivity contribution is 7.10. The summed E-state index contributed by atoms with van der Waals surface area (Å²) in [5, 5.41) is 10.5. The highest BCUT2D eigenvalue weighted by Gasteiger charge is 2.07. The van der Waals surface area contributed by atoms with Gasteiger partial charge in [0.1, 0.15) is 5.82 Å². The van der Waals surface area contributed by atoms with Gasteiger partial charge in [-0.05, 0) is 36.2 Å². The smallest absolute Gasteiger partial charge is 0.328 e. The van der Waals surface area contributed by atoms with Crippen LogP contribution in [0.25, 0.3) is 6.08 Å². The fraction of sp³-hybridized carbons (Fsp3) is 0.188. The Labute approximate surface area is 127 Å². The largest absolute Gasteiger partial charge is 0.478 e. The molecule has 0 saturated carbocycles. The number of hydrogen-bond donors (Lipinski definition) is 1. The van der Waals surface area contributed by atoms with Crippen molar-refractivity contribution in [1.82, 2.24) is 4.90 Å². The third kappa shape index (κ3) is 4.81. The number of thiophene rings is 1. The summed E-state index contributed by atoms with van der Waals surface area (Å²) in [7, 11) is 1.93. The van der Waals surface area contributed by atoms with Crippen molar-refractivity contribution in [3.8, 4) is 0 Å². The second kappa shape index (κ2) is 7.15. The normalized spacial score (nSPS) is 11.4. The number of carbonyl (C=O) groups is 1. The Hall–Kier alpha value is -1.98. The summed E-state index contributed by atoms with van der Waals surface area (Å²) in [5.41, 5.74) is 1.54. The highest BCUT2D eigenvalue weighted by atomic mass is 32.1. The Kier molecular flexibility index (Phi) is 5.25. The number of carboxylic acid groups (broad SMARTS) is 1. The molecule has 0 aliphatic rings. The molecule has 2 aromatic rings. The van der Waals surface area contributed by atoms with Crippen molar-refractivity contribution in [3.05, 3.63) is 63.6 Å². The van der Waals surface area contributed by atoms with Crippen LogP contribution >= 0.6 is 11.3 Å². The Morgan fingerprint density at radius 3 is 2.86 bits per heavy atom. The molecule has 1 heterocycles. The van der Waals surface area contributed by atoms with E-state index in [0.717, 1.165) is 16.5 Å². The number of benzene rings is 1. The summed E-state index contributed by atoms with van der Waals surface area (Å²) in [6, 6.07) is 8.69. The van der Waals surface area contributed by atoms with E-state index in [9.17, 15) is 9.18 Å². The van der Waals surface area contributed by atoms with Crippen LogP contribution in [0.3, 0.4) is 0 Å². The number of halogens is 1. The predicted octanol–water partition coefficient (Wildman–Crippen LogP) is 3.62. The van der Waals surface area contributed by atoms with Gasteiger partial charge in [-0.25, -0.2) is 9.18 Å². The molecular formula is C16H16FNO2S. The summed E-state index contributed by atoms with van der Waals surface area (Å²) in [6.07, 6.45) is 2.69. The molecule has 0 aliphatic carbocycles. The van der Waals surface area contributed by atoms with Crippen LogP contribution in [0.2, 0.25) is 0 Å². The highest BCUT2D eigenvalue weighted by Crippen LogP contribution is 2.19. The molecule has 1 aromatic carbocycles. The van der Waals surface area contributed by atoms with E-state index in [1.54, 1.807) is 29.5 Å². The van der Waals surface area contributed by atoms with Crippen molar-refractivity contribution in [2.75, 3.05) is 7.05 Å². The van der Waals surface area contributed by atoms with Gasteiger partial charge in [0, 0.05) is 29.6 Å². The predicted molar refractivity (Wildman–Crippen MR) is 82.6 cm³/mol. The standard InChI is InChI=1S/C16H16FNO2S/c1-18(9-13-4-2-3-5-15(13)17)10-14-8-12(11-21-14)6-7-16(19)20/h2-8,11H,9-10H2,1H3,(H,19,20). The summed E-state index contributed by atoms with van der Waals surface area (Å²) in [5.74, 6) is -1.15. The maximum atomic E-state index is 13.6. The van der Waals surface area contributed by atoms with Gasteiger partial charge in [-0.1, -0.05) is 18.2 Å². The van der Waals surface area contributed by atoms with Crippen LogP contribution < -0.4 is 0 Å². The molecule has 0 radical (unpaired) electrons. The molecule has 0 aliphatic heterocycles. The quantitative estimate of drug-likeness (QED) is 0.829. The molecule has 0 spiro atoms. The average Bonchev–Trinajstić information content (AvgIpc) is 2.86. The lowest BCUT2D eigenvalue weighted by Gasteiger charge is -2.16. The van der Waals surface area contributed by atoms with Crippen LogP contribution in [0.15, 0.2) is 41.8 Å². The van der Waals surface area contributed by atoms with Crippen molar-refractivity contribution >= 4 is 23.4 Å². The van der Waals surface area contributed by atoms with E-state index in [1.165, 1.54) is 6.07 Å². The van der Waals surface area contributed by atoms with Crippen LogP contribution in [0.5, 0.6) is 0 Å². The van der Waals surface area contributed by atoms with Gasteiger partial charge in [0.15, 0.2) is 0 Å². The molecule has 110 valence electrons. The van der Waals surface area contributed by atoms with Crippen molar-refractivity contribution in [2.24, 2.45) is 0 Å². The van der Waals surface area contributed by atoms with Crippen molar-refractivity contribution in [1.29, 1.82) is 0 Å². The van der Waals surface area contributed by atoms with E-state index < -0.39 is 5.97 Å². The summed E-state index contributed by atoms with van der Waals surface area (Å²) in [6.45, 7) is 1.23. The Balaban J connectivity index is 1.95. The van der Waals surface area contributed by atoms with Crippen LogP contribution in [-0.2, 0) is 17.9 Å². The zero-order valence-electron chi connectivity index (χ0n) is 11.6. The number of carboxylic acids is 1. The van der Waals surface area contributed by atoms with Crippen LogP contribution in [0, 0.1) is 5.82 Å². The minimum Gasteiger partial charge on any atom is -0.478 e. The zero-order chi connectivity index (χ0) is 15.2. The Morgan fingerprint density at radius 1 is 1.38 bits per heavy atom. The van der Waals surface area contributed by atoms with Gasteiger partial charge < -0.3 is 5.11 Å². The van der Waals surface area contributed by atoms with Gasteiger partial charge in [0.05, 0.1) is 0 Å². The average molecular weight is 305 g/mol. The second-order valence-electron chi connectivity index (χ2n) is 4.78. The lowest BCUT2D eigenvalue weighted by molar-refractivity contribution is -0.131. The van der Waals surface area contributed by atoms with Crippen molar-refractivity contribution < 1.29 is 14.3 Å². The maximum absolute atomic E-state index is 13.6. The molecule has 0 fully saturated rings. The van der Waals surface area contributed by atoms with Gasteiger partial charge in [-0.2, -0.15) is 0 Å². The first kappa shape index (κ1) is 15.4. The maximum Gasteiger partial charge on any atom is 0.328 e. The second-order valence-corrected chi connectivity index (χ2v) is 5.78. The van der Waals surface area contributed by atoms with Crippen LogP contribution in [0.1, 0.15) is 16.0 Å². The van der Waals surface area contributed by atoms with Gasteiger partial charge >= 0.3 is 5.97 Å². The minimum absolute atomic E-state index is 0.194. The molecule has 2 rings (SSSR count). The molecular weight excluding hydrogens is 289 g/mol. The summed E-state index contributed by atoms with van der Waals surface area (Å²) < 4.78 is 13.6. The van der Waals surface area contributed by atoms with E-state index >= 15 is 0 Å². The first-order valence-corrected chi connectivity index (χ1v) is 7.33. The Bertz CT molecular complexity index is 651. The summed E-state index contributed by atoms with van der Waals surface area (Å²) in [4.78, 5) is 13.6. The molecule has 0 amide bonds. The monoisotopic (exact) mass is 305 g/mol. The van der Waals surface area contributed by atoms with E-state index in [-0.39, 0.29) is 5.82 Å². The first-order valence-electron chi connectivity index (χ1n) is 6.45. The fourth-order valence-corrected chi connectivity index (χ4v) is 2.91. The minimum atomic E-state index is -0.959. The number of hydrogen-bond acceptors (Lipinski definition) is 3. The Morgan fingerprint density at radius 2 is 2.14 bits per heavy atom. The molecule has 0 unspecified atom stereocenters. The molecule has 0 bridgehead atoms. The van der Waals surface area contributed by atoms with Gasteiger partial charge in [0.2, 0.25) is 0 Å². The molecule has 5 heteroatoms. The zero-order valence-corrected chi connectivity index (χ0v) is 12.4. The molecule has 1 N–H and O–H groups in total. The van der Waals surface area contributed by atoms with E-state index in [4.69, 9.17) is 5.11 Å². The molecule has 21 heavy (non-hydrogen) atoms. The molecule has 1 aromatic heterocycles. The van der Waals surface area contributed by atoms with Crippen molar-refractivity contribution in [2.45, 2.75) is 13.1 Å². The lowest BCUT2D eigenvalue weighted by atomic mass is 10.2. The lowest BCUT2D eigenvalue weighted by Crippen LogP contribution is -2.17. The van der Waals surface area contributed by atoms with E-state index in [1.807, 2.05) is 29.5 Å². The molecule has 0 atom stereocenters. The number of rotatable bonds is 6. The van der Waals surface area contributed by atoms with Gasteiger partial charge in [0.25, 0.3) is 0 Å². The molecule has 3 nitrogen and oxygen atoms in total. The third-order valence-corrected chi connectivity index (χ3v) is 3.86. The van der Waals surface area contributed by atoms with Crippen molar-refractivity contribution in [3.63, 3.8) is 0 Å². The third-order valence-electron chi connectivity index (χ3n) is 2.92. The topological polar surface area (TPSA) is 40.5 Å². The number of nitrogens with zero attached hydrogens (tertiary/aromatic N) is 1. The molecule has 0 saturated heterocycles.